The average Bonchev–Trinajstić information content (AvgIpc) is 2.02. The molecular weight excluding hydrogens is 180 g/mol. The van der Waals surface area contributed by atoms with E-state index >= 15 is 0 Å². The SMILES string of the molecule is CCC(N)C(=O)NS(=O)(=O)CC. The first kappa shape index (κ1) is 11.4. The van der Waals surface area contributed by atoms with Crippen molar-refractivity contribution in [3.8, 4) is 0 Å². The van der Waals surface area contributed by atoms with Crippen molar-refractivity contribution in [3.05, 3.63) is 0 Å². The fourth-order valence-corrected chi connectivity index (χ4v) is 1.09. The van der Waals surface area contributed by atoms with Crippen molar-refractivity contribution in [2.45, 2.75) is 26.3 Å². The minimum atomic E-state index is -3.45. The Labute approximate surface area is 72.4 Å². The highest BCUT2D eigenvalue weighted by molar-refractivity contribution is 7.90. The van der Waals surface area contributed by atoms with E-state index in [2.05, 4.69) is 0 Å². The largest absolute Gasteiger partial charge is 0.320 e. The van der Waals surface area contributed by atoms with Crippen molar-refractivity contribution in [1.29, 1.82) is 0 Å². The maximum absolute atomic E-state index is 10.9. The molecule has 0 aromatic heterocycles. The van der Waals surface area contributed by atoms with Gasteiger partial charge >= 0.3 is 0 Å². The minimum absolute atomic E-state index is 0.116. The van der Waals surface area contributed by atoms with Crippen LogP contribution < -0.4 is 10.5 Å². The fraction of sp³-hybridized carbons (Fsp3) is 0.833. The van der Waals surface area contributed by atoms with E-state index < -0.39 is 22.0 Å². The summed E-state index contributed by atoms with van der Waals surface area (Å²) in [6, 6.07) is -0.744. The molecule has 0 spiro atoms. The van der Waals surface area contributed by atoms with Gasteiger partial charge in [0.2, 0.25) is 15.9 Å². The van der Waals surface area contributed by atoms with E-state index in [1.54, 1.807) is 6.92 Å². The van der Waals surface area contributed by atoms with Crippen molar-refractivity contribution >= 4 is 15.9 Å². The Morgan fingerprint density at radius 3 is 2.33 bits per heavy atom. The highest BCUT2D eigenvalue weighted by Crippen LogP contribution is 1.89. The van der Waals surface area contributed by atoms with E-state index in [-0.39, 0.29) is 5.75 Å². The number of nitrogens with two attached hydrogens (primary N) is 1. The van der Waals surface area contributed by atoms with Crippen molar-refractivity contribution < 1.29 is 13.2 Å². The highest BCUT2D eigenvalue weighted by Gasteiger charge is 2.16. The summed E-state index contributed by atoms with van der Waals surface area (Å²) in [7, 11) is -3.45. The van der Waals surface area contributed by atoms with Crippen LogP contribution in [-0.2, 0) is 14.8 Å². The van der Waals surface area contributed by atoms with Gasteiger partial charge in [-0.15, -0.1) is 0 Å². The number of carbonyl (C=O) groups excluding carboxylic acids is 1. The molecule has 0 aromatic carbocycles. The molecule has 0 aliphatic rings. The zero-order chi connectivity index (χ0) is 9.78. The van der Waals surface area contributed by atoms with Crippen molar-refractivity contribution in [3.63, 3.8) is 0 Å². The molecule has 0 saturated heterocycles. The lowest BCUT2D eigenvalue weighted by Crippen LogP contribution is -2.43. The van der Waals surface area contributed by atoms with Gasteiger partial charge in [-0.2, -0.15) is 0 Å². The lowest BCUT2D eigenvalue weighted by Gasteiger charge is -2.08. The topological polar surface area (TPSA) is 89.3 Å². The maximum Gasteiger partial charge on any atom is 0.250 e. The molecule has 1 amide bonds. The van der Waals surface area contributed by atoms with Crippen LogP contribution in [0.1, 0.15) is 20.3 Å². The Morgan fingerprint density at radius 2 is 2.00 bits per heavy atom. The van der Waals surface area contributed by atoms with Gasteiger partial charge in [0.25, 0.3) is 0 Å². The maximum atomic E-state index is 10.9. The van der Waals surface area contributed by atoms with E-state index in [0.29, 0.717) is 6.42 Å². The van der Waals surface area contributed by atoms with Crippen molar-refractivity contribution in [2.24, 2.45) is 5.73 Å². The van der Waals surface area contributed by atoms with Crippen molar-refractivity contribution in [2.75, 3.05) is 5.75 Å². The van der Waals surface area contributed by atoms with Crippen LogP contribution in [0.25, 0.3) is 0 Å². The van der Waals surface area contributed by atoms with Crippen molar-refractivity contribution in [1.82, 2.24) is 4.72 Å². The first-order chi connectivity index (χ1) is 5.43. The van der Waals surface area contributed by atoms with E-state index in [9.17, 15) is 13.2 Å². The summed E-state index contributed by atoms with van der Waals surface area (Å²) in [6.45, 7) is 3.16. The molecule has 0 radical (unpaired) electrons. The van der Waals surface area contributed by atoms with Gasteiger partial charge in [-0.3, -0.25) is 9.52 Å². The minimum Gasteiger partial charge on any atom is -0.320 e. The molecular formula is C6H14N2O3S. The number of amides is 1. The molecule has 0 aliphatic carbocycles. The summed E-state index contributed by atoms with van der Waals surface area (Å²) < 4.78 is 23.6. The number of hydrogen-bond donors (Lipinski definition) is 2. The Kier molecular flexibility index (Phi) is 4.19. The predicted molar refractivity (Wildman–Crippen MR) is 45.9 cm³/mol. The summed E-state index contributed by atoms with van der Waals surface area (Å²) >= 11 is 0. The zero-order valence-corrected chi connectivity index (χ0v) is 8.02. The third-order valence-electron chi connectivity index (χ3n) is 1.41. The van der Waals surface area contributed by atoms with Gasteiger partial charge in [-0.1, -0.05) is 6.92 Å². The van der Waals surface area contributed by atoms with Gasteiger partial charge in [-0.25, -0.2) is 8.42 Å². The van der Waals surface area contributed by atoms with Crippen LogP contribution in [0.5, 0.6) is 0 Å². The van der Waals surface area contributed by atoms with Gasteiger partial charge < -0.3 is 5.73 Å². The zero-order valence-electron chi connectivity index (χ0n) is 7.20. The number of sulfonamides is 1. The first-order valence-corrected chi connectivity index (χ1v) is 5.38. The predicted octanol–water partition coefficient (Wildman–Crippen LogP) is -0.810. The molecule has 5 nitrogen and oxygen atoms in total. The van der Waals surface area contributed by atoms with E-state index in [1.807, 2.05) is 4.72 Å². The number of carbonyl (C=O) groups is 1. The average molecular weight is 194 g/mol. The summed E-state index contributed by atoms with van der Waals surface area (Å²) in [4.78, 5) is 10.9. The van der Waals surface area contributed by atoms with Gasteiger partial charge in [0, 0.05) is 0 Å². The molecule has 0 aromatic rings. The molecule has 0 heterocycles. The molecule has 1 atom stereocenters. The third-order valence-corrected chi connectivity index (χ3v) is 2.68. The van der Waals surface area contributed by atoms with Crippen LogP contribution in [0, 0.1) is 0 Å². The first-order valence-electron chi connectivity index (χ1n) is 3.72. The quantitative estimate of drug-likeness (QED) is 0.612. The molecule has 0 bridgehead atoms. The lowest BCUT2D eigenvalue weighted by molar-refractivity contribution is -0.120. The van der Waals surface area contributed by atoms with E-state index in [1.165, 1.54) is 6.92 Å². The normalized spacial score (nSPS) is 13.9. The van der Waals surface area contributed by atoms with Crippen LogP contribution >= 0.6 is 0 Å². The fourth-order valence-electron chi connectivity index (χ4n) is 0.487. The monoisotopic (exact) mass is 194 g/mol. The molecule has 0 rings (SSSR count). The summed E-state index contributed by atoms with van der Waals surface area (Å²) in [5.41, 5.74) is 5.30. The van der Waals surface area contributed by atoms with Crippen LogP contribution in [-0.4, -0.2) is 26.1 Å². The smallest absolute Gasteiger partial charge is 0.250 e. The molecule has 3 N–H and O–H groups in total. The number of hydrogen-bond acceptors (Lipinski definition) is 4. The van der Waals surface area contributed by atoms with E-state index in [0.717, 1.165) is 0 Å². The van der Waals surface area contributed by atoms with Crippen LogP contribution in [0.3, 0.4) is 0 Å². The molecule has 1 unspecified atom stereocenters. The summed E-state index contributed by atoms with van der Waals surface area (Å²) in [6.07, 6.45) is 0.422. The van der Waals surface area contributed by atoms with Gasteiger partial charge in [0.15, 0.2) is 0 Å². The van der Waals surface area contributed by atoms with Crippen LogP contribution in [0.2, 0.25) is 0 Å². The molecule has 72 valence electrons. The highest BCUT2D eigenvalue weighted by atomic mass is 32.2. The summed E-state index contributed by atoms with van der Waals surface area (Å²) in [5.74, 6) is -0.755. The van der Waals surface area contributed by atoms with Crippen LogP contribution in [0.15, 0.2) is 0 Å². The van der Waals surface area contributed by atoms with E-state index in [4.69, 9.17) is 5.73 Å². The summed E-state index contributed by atoms with van der Waals surface area (Å²) in [5, 5.41) is 0. The second-order valence-electron chi connectivity index (χ2n) is 2.38. The van der Waals surface area contributed by atoms with Gasteiger partial charge in [0.1, 0.15) is 0 Å². The third kappa shape index (κ3) is 3.68. The number of rotatable bonds is 4. The second-order valence-corrected chi connectivity index (χ2v) is 4.40. The molecule has 0 aliphatic heterocycles. The molecule has 6 heteroatoms. The van der Waals surface area contributed by atoms with Gasteiger partial charge in [0.05, 0.1) is 11.8 Å². The Hall–Kier alpha value is -0.620. The molecule has 0 saturated carbocycles. The second kappa shape index (κ2) is 4.42. The number of nitrogens with one attached hydrogen (secondary N) is 1. The Bertz CT molecular complexity index is 248. The Morgan fingerprint density at radius 1 is 1.50 bits per heavy atom. The Balaban J connectivity index is 4.20. The lowest BCUT2D eigenvalue weighted by atomic mass is 10.2. The standard InChI is InChI=1S/C6H14N2O3S/c1-3-5(7)6(9)8-12(10,11)4-2/h5H,3-4,7H2,1-2H3,(H,8,9). The molecule has 12 heavy (non-hydrogen) atoms. The van der Waals surface area contributed by atoms with Crippen LogP contribution in [0.4, 0.5) is 0 Å². The van der Waals surface area contributed by atoms with Gasteiger partial charge in [-0.05, 0) is 13.3 Å². The molecule has 0 fully saturated rings.